The number of benzene rings is 1. The van der Waals surface area contributed by atoms with Crippen molar-refractivity contribution in [2.75, 3.05) is 32.7 Å². The van der Waals surface area contributed by atoms with E-state index in [0.717, 1.165) is 57.5 Å². The zero-order valence-corrected chi connectivity index (χ0v) is 19.4. The molecule has 2 unspecified atom stereocenters. The van der Waals surface area contributed by atoms with Crippen molar-refractivity contribution >= 4 is 29.7 Å². The number of halogens is 3. The lowest BCUT2D eigenvalue weighted by atomic mass is 9.93. The van der Waals surface area contributed by atoms with Gasteiger partial charge < -0.3 is 15.1 Å². The summed E-state index contributed by atoms with van der Waals surface area (Å²) in [4.78, 5) is 30.4. The first-order valence-corrected chi connectivity index (χ1v) is 12.5. The minimum atomic E-state index is -4.39. The van der Waals surface area contributed by atoms with E-state index in [9.17, 15) is 22.8 Å². The number of thioether (sulfide) groups is 1. The highest BCUT2D eigenvalue weighted by Crippen LogP contribution is 2.42. The van der Waals surface area contributed by atoms with Crippen molar-refractivity contribution in [1.29, 1.82) is 0 Å². The van der Waals surface area contributed by atoms with Gasteiger partial charge in [-0.3, -0.25) is 9.59 Å². The Kier molecular flexibility index (Phi) is 7.69. The van der Waals surface area contributed by atoms with E-state index in [1.807, 2.05) is 0 Å². The number of carbonyl (C=O) groups is 2. The van der Waals surface area contributed by atoms with Crippen LogP contribution in [0.5, 0.6) is 0 Å². The van der Waals surface area contributed by atoms with E-state index in [1.54, 1.807) is 11.0 Å². The number of fused-ring (bicyclic) bond motifs is 1. The summed E-state index contributed by atoms with van der Waals surface area (Å²) >= 11 is 1.50. The largest absolute Gasteiger partial charge is 0.416 e. The van der Waals surface area contributed by atoms with Crippen molar-refractivity contribution in [3.8, 4) is 0 Å². The molecule has 2 heterocycles. The summed E-state index contributed by atoms with van der Waals surface area (Å²) in [5.74, 6) is -0.370. The van der Waals surface area contributed by atoms with Gasteiger partial charge >= 0.3 is 6.18 Å². The zero-order valence-electron chi connectivity index (χ0n) is 18.6. The van der Waals surface area contributed by atoms with Crippen LogP contribution in [0.25, 0.3) is 6.08 Å². The van der Waals surface area contributed by atoms with Gasteiger partial charge in [-0.15, -0.1) is 11.8 Å². The molecule has 1 aromatic rings. The first kappa shape index (κ1) is 24.1. The molecule has 0 spiro atoms. The number of hydrogen-bond acceptors (Lipinski definition) is 4. The van der Waals surface area contributed by atoms with E-state index >= 15 is 0 Å². The van der Waals surface area contributed by atoms with E-state index in [4.69, 9.17) is 0 Å². The second-order valence-electron chi connectivity index (χ2n) is 8.97. The van der Waals surface area contributed by atoms with Gasteiger partial charge in [-0.05, 0) is 62.5 Å². The minimum Gasteiger partial charge on any atom is -0.353 e. The first-order chi connectivity index (χ1) is 15.8. The molecule has 5 nitrogen and oxygen atoms in total. The summed E-state index contributed by atoms with van der Waals surface area (Å²) in [6.45, 7) is 3.54. The Hall–Kier alpha value is -2.00. The molecule has 1 saturated carbocycles. The van der Waals surface area contributed by atoms with E-state index in [0.29, 0.717) is 17.0 Å². The molecule has 2 saturated heterocycles. The average Bonchev–Trinajstić information content (AvgIpc) is 3.30. The van der Waals surface area contributed by atoms with Crippen LogP contribution in [0.4, 0.5) is 13.2 Å². The number of alkyl halides is 3. The Bertz CT molecular complexity index is 882. The Balaban J connectivity index is 1.44. The third-order valence-corrected chi connectivity index (χ3v) is 8.02. The Morgan fingerprint density at radius 2 is 1.79 bits per heavy atom. The van der Waals surface area contributed by atoms with Gasteiger partial charge in [0.1, 0.15) is 6.54 Å². The van der Waals surface area contributed by atoms with Crippen LogP contribution < -0.4 is 5.32 Å². The lowest BCUT2D eigenvalue weighted by Gasteiger charge is -2.43. The van der Waals surface area contributed by atoms with Crippen molar-refractivity contribution in [3.63, 3.8) is 0 Å². The fourth-order valence-corrected chi connectivity index (χ4v) is 6.32. The van der Waals surface area contributed by atoms with E-state index in [-0.39, 0.29) is 29.7 Å². The van der Waals surface area contributed by atoms with Crippen molar-refractivity contribution in [2.45, 2.75) is 56.0 Å². The van der Waals surface area contributed by atoms with E-state index in [1.165, 1.54) is 36.7 Å². The second-order valence-corrected chi connectivity index (χ2v) is 10.2. The molecule has 2 aliphatic heterocycles. The van der Waals surface area contributed by atoms with Gasteiger partial charge in [0, 0.05) is 24.4 Å². The smallest absolute Gasteiger partial charge is 0.353 e. The van der Waals surface area contributed by atoms with Gasteiger partial charge in [-0.25, -0.2) is 0 Å². The Morgan fingerprint density at radius 3 is 2.48 bits per heavy atom. The fourth-order valence-electron chi connectivity index (χ4n) is 4.85. The summed E-state index contributed by atoms with van der Waals surface area (Å²) in [6, 6.07) is 4.84. The van der Waals surface area contributed by atoms with Crippen LogP contribution in [0.1, 0.15) is 49.7 Å². The molecule has 33 heavy (non-hydrogen) atoms. The van der Waals surface area contributed by atoms with E-state index < -0.39 is 11.7 Å². The summed E-state index contributed by atoms with van der Waals surface area (Å²) in [5.41, 5.74) is -0.171. The number of amides is 2. The standard InChI is InChI=1S/C24H30F3N3O2S/c25-24(26,27)18-9-7-17(8-10-18)15-21-23(32)30(19-5-1-2-6-20(19)33-21)16-22(31)28-11-14-29-12-3-4-13-29/h7-10,15,19-20H,1-6,11-14,16H2,(H,28,31)/b21-15+. The highest BCUT2D eigenvalue weighted by molar-refractivity contribution is 8.04. The first-order valence-electron chi connectivity index (χ1n) is 11.7. The molecule has 0 radical (unpaired) electrons. The molecule has 1 aromatic carbocycles. The number of likely N-dealkylation sites (tertiary alicyclic amines) is 1. The second kappa shape index (κ2) is 10.5. The monoisotopic (exact) mass is 481 g/mol. The molecule has 3 fully saturated rings. The topological polar surface area (TPSA) is 52.7 Å². The Labute approximate surface area is 196 Å². The third kappa shape index (κ3) is 6.12. The van der Waals surface area contributed by atoms with Gasteiger partial charge in [0.05, 0.1) is 10.5 Å². The number of nitrogens with zero attached hydrogens (tertiary/aromatic N) is 2. The Morgan fingerprint density at radius 1 is 1.09 bits per heavy atom. The number of nitrogens with one attached hydrogen (secondary N) is 1. The highest BCUT2D eigenvalue weighted by atomic mass is 32.2. The normalized spacial score (nSPS) is 25.4. The maximum atomic E-state index is 13.3. The third-order valence-electron chi connectivity index (χ3n) is 6.62. The van der Waals surface area contributed by atoms with Gasteiger partial charge in [0.25, 0.3) is 5.91 Å². The summed E-state index contributed by atoms with van der Waals surface area (Å²) in [6.07, 6.45) is 3.59. The fraction of sp³-hybridized carbons (Fsp3) is 0.583. The predicted molar refractivity (Wildman–Crippen MR) is 123 cm³/mol. The molecule has 9 heteroatoms. The maximum Gasteiger partial charge on any atom is 0.416 e. The van der Waals surface area contributed by atoms with Crippen LogP contribution in [-0.4, -0.2) is 65.6 Å². The molecule has 1 N–H and O–H groups in total. The van der Waals surface area contributed by atoms with Gasteiger partial charge in [-0.1, -0.05) is 25.0 Å². The summed E-state index contributed by atoms with van der Waals surface area (Å²) in [7, 11) is 0. The van der Waals surface area contributed by atoms with Crippen LogP contribution in [0, 0.1) is 0 Å². The molecule has 2 amide bonds. The van der Waals surface area contributed by atoms with Gasteiger partial charge in [0.2, 0.25) is 5.91 Å². The lowest BCUT2D eigenvalue weighted by Crippen LogP contribution is -2.54. The number of carbonyl (C=O) groups excluding carboxylic acids is 2. The van der Waals surface area contributed by atoms with Gasteiger partial charge in [-0.2, -0.15) is 13.2 Å². The van der Waals surface area contributed by atoms with Crippen LogP contribution >= 0.6 is 11.8 Å². The molecular weight excluding hydrogens is 451 g/mol. The van der Waals surface area contributed by atoms with Gasteiger partial charge in [0.15, 0.2) is 0 Å². The predicted octanol–water partition coefficient (Wildman–Crippen LogP) is 4.14. The molecule has 180 valence electrons. The zero-order chi connectivity index (χ0) is 23.4. The highest BCUT2D eigenvalue weighted by Gasteiger charge is 2.41. The van der Waals surface area contributed by atoms with E-state index in [2.05, 4.69) is 10.2 Å². The van der Waals surface area contributed by atoms with Crippen LogP contribution in [0.2, 0.25) is 0 Å². The molecular formula is C24H30F3N3O2S. The van der Waals surface area contributed by atoms with Crippen molar-refractivity contribution in [1.82, 2.24) is 15.1 Å². The van der Waals surface area contributed by atoms with Crippen LogP contribution in [0.15, 0.2) is 29.2 Å². The molecule has 0 bridgehead atoms. The lowest BCUT2D eigenvalue weighted by molar-refractivity contribution is -0.137. The number of hydrogen-bond donors (Lipinski definition) is 1. The van der Waals surface area contributed by atoms with Crippen LogP contribution in [-0.2, 0) is 15.8 Å². The summed E-state index contributed by atoms with van der Waals surface area (Å²) in [5, 5.41) is 3.15. The molecule has 1 aliphatic carbocycles. The maximum absolute atomic E-state index is 13.3. The molecule has 0 aromatic heterocycles. The van der Waals surface area contributed by atoms with Crippen LogP contribution in [0.3, 0.4) is 0 Å². The van der Waals surface area contributed by atoms with Crippen molar-refractivity contribution < 1.29 is 22.8 Å². The quantitative estimate of drug-likeness (QED) is 0.621. The number of rotatable bonds is 6. The molecule has 3 aliphatic rings. The average molecular weight is 482 g/mol. The molecule has 4 rings (SSSR count). The summed E-state index contributed by atoms with van der Waals surface area (Å²) < 4.78 is 38.6. The van der Waals surface area contributed by atoms with Crippen molar-refractivity contribution in [3.05, 3.63) is 40.3 Å². The van der Waals surface area contributed by atoms with Crippen molar-refractivity contribution in [2.24, 2.45) is 0 Å². The SMILES string of the molecule is O=C(CN1C(=O)/C(=C\c2ccc(C(F)(F)F)cc2)SC2CCCCC21)NCCN1CCCC1. The molecule has 2 atom stereocenters. The minimum absolute atomic E-state index is 0.0188.